The summed E-state index contributed by atoms with van der Waals surface area (Å²) in [4.78, 5) is 9.30. The van der Waals surface area contributed by atoms with Crippen LogP contribution in [-0.4, -0.2) is 14.5 Å². The van der Waals surface area contributed by atoms with Crippen molar-refractivity contribution >= 4 is 32.8 Å². The minimum Gasteiger partial charge on any atom is -0.514 e. The molecule has 0 N–H and O–H groups in total. The van der Waals surface area contributed by atoms with Crippen LogP contribution in [0.2, 0.25) is 0 Å². The molecule has 1 aliphatic carbocycles. The first-order valence-corrected chi connectivity index (χ1v) is 12.6. The summed E-state index contributed by atoms with van der Waals surface area (Å²) in [5.74, 6) is 2.96. The minimum atomic E-state index is -0.259. The normalized spacial score (nSPS) is 13.4. The molecule has 4 aromatic heterocycles. The molecule has 1 aliphatic rings. The molecule has 0 radical (unpaired) electrons. The number of furan rings is 1. The summed E-state index contributed by atoms with van der Waals surface area (Å²) in [6.45, 7) is 4.34. The predicted octanol–water partition coefficient (Wildman–Crippen LogP) is 8.02. The molecule has 6 heteroatoms. The van der Waals surface area contributed by atoms with Gasteiger partial charge in [0.1, 0.15) is 5.82 Å². The van der Waals surface area contributed by atoms with Crippen molar-refractivity contribution in [1.82, 2.24) is 14.5 Å². The largest absolute Gasteiger partial charge is 2.00 e. The van der Waals surface area contributed by atoms with Crippen molar-refractivity contribution < 1.29 is 30.2 Å². The number of para-hydroxylation sites is 1. The van der Waals surface area contributed by atoms with Gasteiger partial charge in [-0.1, -0.05) is 59.4 Å². The van der Waals surface area contributed by atoms with Gasteiger partial charge in [-0.3, -0.25) is 4.98 Å². The summed E-state index contributed by atoms with van der Waals surface area (Å²) < 4.78 is 14.8. The average molecular weight is 687 g/mol. The molecular weight excluding hydrogens is 665 g/mol. The molecule has 3 aromatic carbocycles. The average Bonchev–Trinajstić information content (AvgIpc) is 3.56. The number of hydrogen-bond acceptors (Lipinski definition) is 4. The fourth-order valence-corrected chi connectivity index (χ4v) is 5.74. The second-order valence-corrected chi connectivity index (χ2v) is 10.1. The molecule has 0 aliphatic heterocycles. The van der Waals surface area contributed by atoms with E-state index in [1.54, 1.807) is 6.20 Å². The fraction of sp³-hybridized carbons (Fsp3) is 0.0909. The molecule has 0 saturated carbocycles. The molecule has 0 unspecified atom stereocenters. The number of aromatic nitrogens is 3. The van der Waals surface area contributed by atoms with Crippen LogP contribution in [-0.2, 0) is 26.5 Å². The van der Waals surface area contributed by atoms with E-state index in [1.807, 2.05) is 54.7 Å². The Morgan fingerprint density at radius 2 is 1.59 bits per heavy atom. The van der Waals surface area contributed by atoms with E-state index in [9.17, 15) is 0 Å². The van der Waals surface area contributed by atoms with Crippen LogP contribution in [0.1, 0.15) is 25.2 Å². The van der Waals surface area contributed by atoms with Crippen molar-refractivity contribution in [1.29, 1.82) is 0 Å². The summed E-state index contributed by atoms with van der Waals surface area (Å²) in [5, 5.41) is 3.12. The van der Waals surface area contributed by atoms with Gasteiger partial charge in [-0.25, -0.2) is 4.98 Å². The summed E-state index contributed by atoms with van der Waals surface area (Å²) >= 11 is 0. The van der Waals surface area contributed by atoms with E-state index >= 15 is 0 Å². The number of benzene rings is 3. The van der Waals surface area contributed by atoms with E-state index in [0.717, 1.165) is 61.2 Å². The third-order valence-corrected chi connectivity index (χ3v) is 7.51. The van der Waals surface area contributed by atoms with Gasteiger partial charge in [-0.05, 0) is 54.6 Å². The summed E-state index contributed by atoms with van der Waals surface area (Å²) in [6.07, 6.45) is 3.63. The molecule has 5 nitrogen and oxygen atoms in total. The Morgan fingerprint density at radius 3 is 2.46 bits per heavy atom. The van der Waals surface area contributed by atoms with Crippen molar-refractivity contribution in [3.05, 3.63) is 115 Å². The topological polar surface area (TPSA) is 53.1 Å². The molecule has 4 heterocycles. The van der Waals surface area contributed by atoms with Crippen LogP contribution in [0.3, 0.4) is 0 Å². The van der Waals surface area contributed by atoms with Crippen LogP contribution in [0.5, 0.6) is 11.5 Å². The van der Waals surface area contributed by atoms with Gasteiger partial charge < -0.3 is 13.7 Å². The predicted molar refractivity (Wildman–Crippen MR) is 148 cm³/mol. The molecule has 0 spiro atoms. The number of pyridine rings is 2. The smallest absolute Gasteiger partial charge is 0.514 e. The first-order chi connectivity index (χ1) is 18.6. The monoisotopic (exact) mass is 686 g/mol. The molecule has 190 valence electrons. The number of hydrogen-bond donors (Lipinski definition) is 0. The van der Waals surface area contributed by atoms with Gasteiger partial charge in [-0.15, -0.1) is 17.5 Å². The zero-order valence-corrected chi connectivity index (χ0v) is 23.4. The first-order valence-electron chi connectivity index (χ1n) is 12.6. The van der Waals surface area contributed by atoms with Crippen LogP contribution in [0.4, 0.5) is 0 Å². The van der Waals surface area contributed by atoms with Crippen molar-refractivity contribution in [3.63, 3.8) is 0 Å². The van der Waals surface area contributed by atoms with E-state index in [0.29, 0.717) is 11.5 Å². The number of nitrogens with zero attached hydrogens (tertiary/aromatic N) is 3. The zero-order chi connectivity index (χ0) is 25.4. The standard InChI is InChI=1S/C33H21N3O2.Pt/c1-33(2)25-9-7-17-35-31(25)30-24-18-20(13-15-28(24)38-32(30)33)37-21-12-14-23-22-8-3-4-10-26(22)36(27(23)19-21)29-11-5-6-16-34-29;/h3-17H,1-2H3;/q-2;+2. The van der Waals surface area contributed by atoms with E-state index in [4.69, 9.17) is 9.15 Å². The van der Waals surface area contributed by atoms with Gasteiger partial charge in [0, 0.05) is 46.1 Å². The molecule has 8 rings (SSSR count). The molecular formula is C33H21N3O2Pt. The Morgan fingerprint density at radius 1 is 0.795 bits per heavy atom. The fourth-order valence-electron chi connectivity index (χ4n) is 5.74. The van der Waals surface area contributed by atoms with E-state index < -0.39 is 0 Å². The van der Waals surface area contributed by atoms with E-state index in [2.05, 4.69) is 70.8 Å². The SMILES string of the molecule is CC1(C)c2cccnc2-c2c1oc1ccc(Oc3[c-]c4c(cc3)c3ccccc3n4-c3ccccn3)[c-]c21.[Pt+2]. The third-order valence-electron chi connectivity index (χ3n) is 7.51. The molecule has 0 saturated heterocycles. The van der Waals surface area contributed by atoms with Crippen LogP contribution in [0.15, 0.2) is 95.7 Å². The number of ether oxygens (including phenoxy) is 1. The maximum absolute atomic E-state index is 6.34. The van der Waals surface area contributed by atoms with Crippen LogP contribution in [0, 0.1) is 12.1 Å². The quantitative estimate of drug-likeness (QED) is 0.177. The van der Waals surface area contributed by atoms with Crippen molar-refractivity contribution in [2.75, 3.05) is 0 Å². The molecule has 7 aromatic rings. The maximum atomic E-state index is 6.34. The Hall–Kier alpha value is -4.21. The first kappa shape index (κ1) is 23.9. The molecule has 0 atom stereocenters. The van der Waals surface area contributed by atoms with Crippen molar-refractivity contribution in [3.8, 4) is 28.6 Å². The van der Waals surface area contributed by atoms with Gasteiger partial charge in [0.15, 0.2) is 0 Å². The van der Waals surface area contributed by atoms with Crippen LogP contribution < -0.4 is 4.74 Å². The Labute approximate surface area is 239 Å². The van der Waals surface area contributed by atoms with Gasteiger partial charge in [0.05, 0.1) is 5.76 Å². The second kappa shape index (κ2) is 8.65. The van der Waals surface area contributed by atoms with Gasteiger partial charge >= 0.3 is 21.1 Å². The maximum Gasteiger partial charge on any atom is 2.00 e. The zero-order valence-electron chi connectivity index (χ0n) is 21.1. The Balaban J connectivity index is 0.00000253. The minimum absolute atomic E-state index is 0. The second-order valence-electron chi connectivity index (χ2n) is 10.1. The van der Waals surface area contributed by atoms with Gasteiger partial charge in [0.2, 0.25) is 0 Å². The van der Waals surface area contributed by atoms with Crippen molar-refractivity contribution in [2.45, 2.75) is 19.3 Å². The molecule has 39 heavy (non-hydrogen) atoms. The van der Waals surface area contributed by atoms with Gasteiger partial charge in [-0.2, -0.15) is 6.07 Å². The number of fused-ring (bicyclic) bond motifs is 8. The summed E-state index contributed by atoms with van der Waals surface area (Å²) in [6, 6.07) is 33.2. The van der Waals surface area contributed by atoms with Crippen molar-refractivity contribution in [2.24, 2.45) is 0 Å². The Bertz CT molecular complexity index is 2040. The molecule has 0 bridgehead atoms. The van der Waals surface area contributed by atoms with Crippen LogP contribution in [0.25, 0.3) is 49.9 Å². The molecule has 0 fully saturated rings. The Kier molecular flexibility index (Phi) is 5.30. The molecule has 0 amide bonds. The summed E-state index contributed by atoms with van der Waals surface area (Å²) in [5.41, 5.74) is 5.62. The summed E-state index contributed by atoms with van der Waals surface area (Å²) in [7, 11) is 0. The van der Waals surface area contributed by atoms with E-state index in [1.165, 1.54) is 0 Å². The van der Waals surface area contributed by atoms with E-state index in [-0.39, 0.29) is 26.5 Å². The third kappa shape index (κ3) is 3.43. The number of rotatable bonds is 3. The van der Waals surface area contributed by atoms with Gasteiger partial charge in [0.25, 0.3) is 0 Å². The van der Waals surface area contributed by atoms with Crippen LogP contribution >= 0.6 is 0 Å².